The molecule has 0 radical (unpaired) electrons. The number of hydrogen-bond acceptors (Lipinski definition) is 5. The number of amides is 4. The van der Waals surface area contributed by atoms with E-state index in [2.05, 4.69) is 10.6 Å². The molecule has 0 saturated carbocycles. The van der Waals surface area contributed by atoms with E-state index in [1.807, 2.05) is 35.2 Å². The number of urea groups is 1. The molecule has 1 aromatic heterocycles. The van der Waals surface area contributed by atoms with Crippen molar-refractivity contribution in [3.8, 4) is 0 Å². The van der Waals surface area contributed by atoms with E-state index in [1.54, 1.807) is 17.0 Å². The number of rotatable bonds is 4. The third-order valence-corrected chi connectivity index (χ3v) is 4.53. The lowest BCUT2D eigenvalue weighted by atomic mass is 10.0. The SMILES string of the molecule is CNC(=O)NC(=O)[C@@H](c1ccccc1)N1CCN(C(=O)c2ccco2)CC1. The van der Waals surface area contributed by atoms with Crippen molar-refractivity contribution in [1.29, 1.82) is 0 Å². The van der Waals surface area contributed by atoms with E-state index in [0.29, 0.717) is 31.9 Å². The Bertz CT molecular complexity index is 783. The van der Waals surface area contributed by atoms with Crippen LogP contribution in [0.3, 0.4) is 0 Å². The van der Waals surface area contributed by atoms with Gasteiger partial charge in [0.2, 0.25) is 5.91 Å². The fraction of sp³-hybridized carbons (Fsp3) is 0.316. The van der Waals surface area contributed by atoms with E-state index in [4.69, 9.17) is 4.42 Å². The van der Waals surface area contributed by atoms with Crippen LogP contribution in [-0.2, 0) is 4.79 Å². The summed E-state index contributed by atoms with van der Waals surface area (Å²) >= 11 is 0. The van der Waals surface area contributed by atoms with Crippen LogP contribution in [0.15, 0.2) is 53.1 Å². The first kappa shape index (κ1) is 18.7. The van der Waals surface area contributed by atoms with Crippen molar-refractivity contribution >= 4 is 17.8 Å². The van der Waals surface area contributed by atoms with Gasteiger partial charge in [0.15, 0.2) is 5.76 Å². The number of carbonyl (C=O) groups is 3. The first-order valence-corrected chi connectivity index (χ1v) is 8.74. The maximum Gasteiger partial charge on any atom is 0.321 e. The molecule has 8 nitrogen and oxygen atoms in total. The van der Waals surface area contributed by atoms with E-state index in [1.165, 1.54) is 13.3 Å². The highest BCUT2D eigenvalue weighted by Gasteiger charge is 2.32. The van der Waals surface area contributed by atoms with E-state index in [9.17, 15) is 14.4 Å². The average Bonchev–Trinajstić information content (AvgIpc) is 3.23. The number of imide groups is 1. The van der Waals surface area contributed by atoms with E-state index >= 15 is 0 Å². The molecule has 3 rings (SSSR count). The molecule has 0 unspecified atom stereocenters. The summed E-state index contributed by atoms with van der Waals surface area (Å²) in [6, 6.07) is 11.5. The van der Waals surface area contributed by atoms with Crippen LogP contribution >= 0.6 is 0 Å². The largest absolute Gasteiger partial charge is 0.459 e. The van der Waals surface area contributed by atoms with Gasteiger partial charge in [0, 0.05) is 33.2 Å². The second-order valence-electron chi connectivity index (χ2n) is 6.19. The standard InChI is InChI=1S/C19H22N4O4/c1-20-19(26)21-17(24)16(14-6-3-2-4-7-14)22-9-11-23(12-10-22)18(25)15-8-5-13-27-15/h2-8,13,16H,9-12H2,1H3,(H2,20,21,24,26)/t16-/m1/s1. The molecule has 2 heterocycles. The second kappa shape index (κ2) is 8.50. The quantitative estimate of drug-likeness (QED) is 0.844. The topological polar surface area (TPSA) is 94.9 Å². The summed E-state index contributed by atoms with van der Waals surface area (Å²) in [7, 11) is 1.46. The van der Waals surface area contributed by atoms with Crippen LogP contribution in [-0.4, -0.2) is 60.9 Å². The number of nitrogens with one attached hydrogen (secondary N) is 2. The molecule has 2 N–H and O–H groups in total. The van der Waals surface area contributed by atoms with E-state index < -0.39 is 18.0 Å². The zero-order chi connectivity index (χ0) is 19.2. The lowest BCUT2D eigenvalue weighted by Gasteiger charge is -2.38. The monoisotopic (exact) mass is 370 g/mol. The van der Waals surface area contributed by atoms with Crippen LogP contribution in [0.2, 0.25) is 0 Å². The van der Waals surface area contributed by atoms with Gasteiger partial charge < -0.3 is 14.6 Å². The van der Waals surface area contributed by atoms with Crippen LogP contribution in [0.25, 0.3) is 0 Å². The molecular formula is C19H22N4O4. The maximum atomic E-state index is 12.7. The maximum absolute atomic E-state index is 12.7. The van der Waals surface area contributed by atoms with Crippen molar-refractivity contribution in [3.05, 3.63) is 60.1 Å². The van der Waals surface area contributed by atoms with Crippen molar-refractivity contribution in [2.24, 2.45) is 0 Å². The summed E-state index contributed by atoms with van der Waals surface area (Å²) < 4.78 is 5.17. The normalized spacial score (nSPS) is 15.8. The van der Waals surface area contributed by atoms with Gasteiger partial charge in [-0.15, -0.1) is 0 Å². The van der Waals surface area contributed by atoms with Gasteiger partial charge in [-0.1, -0.05) is 30.3 Å². The van der Waals surface area contributed by atoms with Crippen molar-refractivity contribution in [2.45, 2.75) is 6.04 Å². The summed E-state index contributed by atoms with van der Waals surface area (Å²) in [5, 5.41) is 4.75. The summed E-state index contributed by atoms with van der Waals surface area (Å²) in [4.78, 5) is 40.4. The zero-order valence-electron chi connectivity index (χ0n) is 15.1. The lowest BCUT2D eigenvalue weighted by Crippen LogP contribution is -2.53. The van der Waals surface area contributed by atoms with Crippen molar-refractivity contribution in [1.82, 2.24) is 20.4 Å². The van der Waals surface area contributed by atoms with Gasteiger partial charge in [-0.05, 0) is 17.7 Å². The fourth-order valence-electron chi connectivity index (χ4n) is 3.15. The Morgan fingerprint density at radius 2 is 1.70 bits per heavy atom. The van der Waals surface area contributed by atoms with Gasteiger partial charge in [-0.25, -0.2) is 4.79 Å². The Morgan fingerprint density at radius 3 is 2.30 bits per heavy atom. The molecule has 0 bridgehead atoms. The Labute approximate surface area is 157 Å². The van der Waals surface area contributed by atoms with Gasteiger partial charge in [0.1, 0.15) is 6.04 Å². The van der Waals surface area contributed by atoms with Crippen LogP contribution in [0.4, 0.5) is 4.79 Å². The van der Waals surface area contributed by atoms with Crippen LogP contribution in [0.1, 0.15) is 22.2 Å². The molecule has 0 aliphatic carbocycles. The molecule has 27 heavy (non-hydrogen) atoms. The minimum atomic E-state index is -0.607. The number of furan rings is 1. The Morgan fingerprint density at radius 1 is 1.00 bits per heavy atom. The summed E-state index contributed by atoms with van der Waals surface area (Å²) in [6.45, 7) is 1.95. The lowest BCUT2D eigenvalue weighted by molar-refractivity contribution is -0.126. The van der Waals surface area contributed by atoms with Crippen LogP contribution in [0.5, 0.6) is 0 Å². The Kier molecular flexibility index (Phi) is 5.87. The number of piperazine rings is 1. The summed E-state index contributed by atoms with van der Waals surface area (Å²) in [6.07, 6.45) is 1.47. The minimum Gasteiger partial charge on any atom is -0.459 e. The van der Waals surface area contributed by atoms with Crippen molar-refractivity contribution in [3.63, 3.8) is 0 Å². The molecule has 8 heteroatoms. The Balaban J connectivity index is 1.71. The second-order valence-corrected chi connectivity index (χ2v) is 6.19. The van der Waals surface area contributed by atoms with E-state index in [0.717, 1.165) is 5.56 Å². The van der Waals surface area contributed by atoms with Crippen molar-refractivity contribution < 1.29 is 18.8 Å². The first-order valence-electron chi connectivity index (χ1n) is 8.74. The van der Waals surface area contributed by atoms with Crippen LogP contribution in [0, 0.1) is 0 Å². The smallest absolute Gasteiger partial charge is 0.321 e. The average molecular weight is 370 g/mol. The van der Waals surface area contributed by atoms with Gasteiger partial charge in [-0.2, -0.15) is 0 Å². The molecule has 1 fully saturated rings. The predicted octanol–water partition coefficient (Wildman–Crippen LogP) is 1.23. The highest BCUT2D eigenvalue weighted by atomic mass is 16.3. The molecule has 2 aromatic rings. The molecule has 142 valence electrons. The van der Waals surface area contributed by atoms with Gasteiger partial charge in [0.05, 0.1) is 6.26 Å². The van der Waals surface area contributed by atoms with Gasteiger partial charge in [0.25, 0.3) is 5.91 Å². The number of carbonyl (C=O) groups excluding carboxylic acids is 3. The number of hydrogen-bond donors (Lipinski definition) is 2. The summed E-state index contributed by atoms with van der Waals surface area (Å²) in [5.74, 6) is -0.252. The molecule has 1 atom stereocenters. The highest BCUT2D eigenvalue weighted by molar-refractivity contribution is 5.97. The summed E-state index contributed by atoms with van der Waals surface area (Å²) in [5.41, 5.74) is 0.796. The van der Waals surface area contributed by atoms with Crippen molar-refractivity contribution in [2.75, 3.05) is 33.2 Å². The van der Waals surface area contributed by atoms with Gasteiger partial charge >= 0.3 is 6.03 Å². The fourth-order valence-corrected chi connectivity index (χ4v) is 3.15. The third kappa shape index (κ3) is 4.35. The van der Waals surface area contributed by atoms with Crippen LogP contribution < -0.4 is 10.6 Å². The predicted molar refractivity (Wildman–Crippen MR) is 98.0 cm³/mol. The Hall–Kier alpha value is -3.13. The molecular weight excluding hydrogens is 348 g/mol. The minimum absolute atomic E-state index is 0.161. The zero-order valence-corrected chi connectivity index (χ0v) is 15.1. The van der Waals surface area contributed by atoms with Gasteiger partial charge in [-0.3, -0.25) is 19.8 Å². The number of benzene rings is 1. The first-order chi connectivity index (χ1) is 13.1. The van der Waals surface area contributed by atoms with E-state index in [-0.39, 0.29) is 5.91 Å². The molecule has 1 aromatic carbocycles. The number of nitrogens with zero attached hydrogens (tertiary/aromatic N) is 2. The molecule has 1 aliphatic rings. The molecule has 1 aliphatic heterocycles. The molecule has 0 spiro atoms. The molecule has 4 amide bonds. The highest BCUT2D eigenvalue weighted by Crippen LogP contribution is 2.23. The molecule has 1 saturated heterocycles. The third-order valence-electron chi connectivity index (χ3n) is 4.53.